The predicted octanol–water partition coefficient (Wildman–Crippen LogP) is 2.96. The molecular weight excluding hydrogens is 314 g/mol. The molecule has 5 nitrogen and oxygen atoms in total. The van der Waals surface area contributed by atoms with Crippen LogP contribution in [0, 0.1) is 0 Å². The van der Waals surface area contributed by atoms with Crippen molar-refractivity contribution >= 4 is 17.6 Å². The van der Waals surface area contributed by atoms with E-state index >= 15 is 0 Å². The Morgan fingerprint density at radius 1 is 1.12 bits per heavy atom. The number of nitrogens with two attached hydrogens (primary N) is 1. The normalized spacial score (nSPS) is 17.3. The Morgan fingerprint density at radius 3 is 2.32 bits per heavy atom. The van der Waals surface area contributed by atoms with Crippen LogP contribution in [-0.2, 0) is 9.53 Å². The van der Waals surface area contributed by atoms with Crippen LogP contribution < -0.4 is 5.73 Å². The standard InChI is InChI=1S/C20H21N3O2/c1-3-25-19(24)16-17(14-10-6-4-7-11-14)22-20(21)23(2)18(16)15-12-8-5-9-13-15/h4-13,18H,3H2,1-2H3,(H2,21,22). The van der Waals surface area contributed by atoms with Gasteiger partial charge in [-0.1, -0.05) is 60.7 Å². The quantitative estimate of drug-likeness (QED) is 0.872. The molecule has 2 aromatic carbocycles. The maximum Gasteiger partial charge on any atom is 0.338 e. The van der Waals surface area contributed by atoms with Gasteiger partial charge in [-0.3, -0.25) is 0 Å². The third kappa shape index (κ3) is 3.26. The molecule has 0 saturated heterocycles. The Kier molecular flexibility index (Phi) is 4.84. The van der Waals surface area contributed by atoms with E-state index in [0.29, 0.717) is 23.8 Å². The third-order valence-corrected chi connectivity index (χ3v) is 4.16. The molecule has 0 fully saturated rings. The summed E-state index contributed by atoms with van der Waals surface area (Å²) >= 11 is 0. The van der Waals surface area contributed by atoms with Gasteiger partial charge in [-0.15, -0.1) is 0 Å². The number of hydrogen-bond donors (Lipinski definition) is 1. The zero-order valence-electron chi connectivity index (χ0n) is 14.3. The largest absolute Gasteiger partial charge is 0.463 e. The Labute approximate surface area is 147 Å². The van der Waals surface area contributed by atoms with Crippen molar-refractivity contribution in [1.82, 2.24) is 4.90 Å². The summed E-state index contributed by atoms with van der Waals surface area (Å²) in [5, 5.41) is 0. The van der Waals surface area contributed by atoms with Crippen LogP contribution in [0.3, 0.4) is 0 Å². The number of carbonyl (C=O) groups excluding carboxylic acids is 1. The van der Waals surface area contributed by atoms with Crippen LogP contribution in [-0.4, -0.2) is 30.5 Å². The highest BCUT2D eigenvalue weighted by Gasteiger charge is 2.35. The van der Waals surface area contributed by atoms with Gasteiger partial charge in [0.2, 0.25) is 0 Å². The molecule has 1 aliphatic heterocycles. The summed E-state index contributed by atoms with van der Waals surface area (Å²) in [5.41, 5.74) is 9.01. The summed E-state index contributed by atoms with van der Waals surface area (Å²) in [5.74, 6) is -0.0148. The van der Waals surface area contributed by atoms with E-state index in [2.05, 4.69) is 4.99 Å². The molecule has 0 aromatic heterocycles. The Hall–Kier alpha value is -3.08. The van der Waals surface area contributed by atoms with Gasteiger partial charge < -0.3 is 15.4 Å². The van der Waals surface area contributed by atoms with Crippen molar-refractivity contribution in [2.24, 2.45) is 10.7 Å². The van der Waals surface area contributed by atoms with Crippen molar-refractivity contribution in [2.45, 2.75) is 13.0 Å². The zero-order chi connectivity index (χ0) is 17.8. The van der Waals surface area contributed by atoms with E-state index in [1.165, 1.54) is 0 Å². The molecular formula is C20H21N3O2. The van der Waals surface area contributed by atoms with Gasteiger partial charge >= 0.3 is 5.97 Å². The summed E-state index contributed by atoms with van der Waals surface area (Å²) in [6, 6.07) is 19.0. The lowest BCUT2D eigenvalue weighted by Gasteiger charge is -2.34. The number of guanidine groups is 1. The molecule has 1 aliphatic rings. The van der Waals surface area contributed by atoms with E-state index in [4.69, 9.17) is 10.5 Å². The lowest BCUT2D eigenvalue weighted by Crippen LogP contribution is -2.42. The SMILES string of the molecule is CCOC(=O)C1=C(c2ccccc2)N=C(N)N(C)C1c1ccccc1. The second-order valence-corrected chi connectivity index (χ2v) is 5.74. The number of benzene rings is 2. The fourth-order valence-corrected chi connectivity index (χ4v) is 2.97. The molecule has 5 heteroatoms. The summed E-state index contributed by atoms with van der Waals surface area (Å²) in [6.45, 7) is 2.09. The van der Waals surface area contributed by atoms with Gasteiger partial charge in [0, 0.05) is 12.6 Å². The minimum atomic E-state index is -0.377. The van der Waals surface area contributed by atoms with Crippen LogP contribution in [0.5, 0.6) is 0 Å². The van der Waals surface area contributed by atoms with Crippen LogP contribution in [0.25, 0.3) is 5.70 Å². The summed E-state index contributed by atoms with van der Waals surface area (Å²) in [6.07, 6.45) is 0. The molecule has 25 heavy (non-hydrogen) atoms. The molecule has 2 N–H and O–H groups in total. The molecule has 0 amide bonds. The van der Waals surface area contributed by atoms with E-state index in [-0.39, 0.29) is 12.0 Å². The van der Waals surface area contributed by atoms with Crippen molar-refractivity contribution in [1.29, 1.82) is 0 Å². The average Bonchev–Trinajstić information content (AvgIpc) is 2.65. The van der Waals surface area contributed by atoms with Gasteiger partial charge in [-0.05, 0) is 12.5 Å². The number of aliphatic imine (C=N–C) groups is 1. The van der Waals surface area contributed by atoms with Crippen molar-refractivity contribution in [3.8, 4) is 0 Å². The molecule has 2 aromatic rings. The second-order valence-electron chi connectivity index (χ2n) is 5.74. The third-order valence-electron chi connectivity index (χ3n) is 4.16. The van der Waals surface area contributed by atoms with Crippen LogP contribution in [0.2, 0.25) is 0 Å². The first-order chi connectivity index (χ1) is 12.1. The number of nitrogens with zero attached hydrogens (tertiary/aromatic N) is 2. The Balaban J connectivity index is 2.23. The highest BCUT2D eigenvalue weighted by Crippen LogP contribution is 2.37. The smallest absolute Gasteiger partial charge is 0.338 e. The van der Waals surface area contributed by atoms with Gasteiger partial charge in [0.05, 0.1) is 23.9 Å². The van der Waals surface area contributed by atoms with Crippen molar-refractivity contribution in [3.63, 3.8) is 0 Å². The summed E-state index contributed by atoms with van der Waals surface area (Å²) < 4.78 is 5.33. The molecule has 1 atom stereocenters. The maximum absolute atomic E-state index is 12.8. The molecule has 1 unspecified atom stereocenters. The van der Waals surface area contributed by atoms with Gasteiger partial charge in [-0.25, -0.2) is 9.79 Å². The van der Waals surface area contributed by atoms with Crippen LogP contribution in [0.1, 0.15) is 24.1 Å². The number of likely N-dealkylation sites (N-methyl/N-ethyl adjacent to an activating group) is 1. The highest BCUT2D eigenvalue weighted by molar-refractivity contribution is 6.03. The van der Waals surface area contributed by atoms with Gasteiger partial charge in [0.15, 0.2) is 5.96 Å². The minimum absolute atomic E-state index is 0.300. The number of hydrogen-bond acceptors (Lipinski definition) is 5. The van der Waals surface area contributed by atoms with Crippen molar-refractivity contribution in [3.05, 3.63) is 77.4 Å². The molecule has 0 aliphatic carbocycles. The fourth-order valence-electron chi connectivity index (χ4n) is 2.97. The molecule has 0 bridgehead atoms. The highest BCUT2D eigenvalue weighted by atomic mass is 16.5. The predicted molar refractivity (Wildman–Crippen MR) is 98.6 cm³/mol. The summed E-state index contributed by atoms with van der Waals surface area (Å²) in [4.78, 5) is 19.1. The van der Waals surface area contributed by atoms with E-state index in [9.17, 15) is 4.79 Å². The minimum Gasteiger partial charge on any atom is -0.463 e. The molecule has 128 valence electrons. The first-order valence-electron chi connectivity index (χ1n) is 8.22. The van der Waals surface area contributed by atoms with E-state index in [1.54, 1.807) is 11.8 Å². The maximum atomic E-state index is 12.8. The monoisotopic (exact) mass is 335 g/mol. The van der Waals surface area contributed by atoms with Crippen molar-refractivity contribution < 1.29 is 9.53 Å². The molecule has 1 heterocycles. The molecule has 0 spiro atoms. The molecule has 3 rings (SSSR count). The van der Waals surface area contributed by atoms with Crippen LogP contribution in [0.15, 0.2) is 71.2 Å². The zero-order valence-corrected chi connectivity index (χ0v) is 14.3. The van der Waals surface area contributed by atoms with E-state index < -0.39 is 0 Å². The number of esters is 1. The van der Waals surface area contributed by atoms with Crippen LogP contribution in [0.4, 0.5) is 0 Å². The lowest BCUT2D eigenvalue weighted by molar-refractivity contribution is -0.139. The van der Waals surface area contributed by atoms with E-state index in [1.807, 2.05) is 67.7 Å². The van der Waals surface area contributed by atoms with Gasteiger partial charge in [0.1, 0.15) is 0 Å². The number of carbonyl (C=O) groups is 1. The molecule has 0 radical (unpaired) electrons. The number of rotatable bonds is 4. The Bertz CT molecular complexity index is 813. The number of ether oxygens (including phenoxy) is 1. The van der Waals surface area contributed by atoms with Gasteiger partial charge in [-0.2, -0.15) is 0 Å². The first-order valence-corrected chi connectivity index (χ1v) is 8.22. The van der Waals surface area contributed by atoms with Crippen molar-refractivity contribution in [2.75, 3.05) is 13.7 Å². The Morgan fingerprint density at radius 2 is 1.72 bits per heavy atom. The van der Waals surface area contributed by atoms with E-state index in [0.717, 1.165) is 11.1 Å². The summed E-state index contributed by atoms with van der Waals surface area (Å²) in [7, 11) is 1.83. The lowest BCUT2D eigenvalue weighted by atomic mass is 9.92. The van der Waals surface area contributed by atoms with Crippen LogP contribution >= 0.6 is 0 Å². The topological polar surface area (TPSA) is 67.9 Å². The fraction of sp³-hybridized carbons (Fsp3) is 0.200. The second kappa shape index (κ2) is 7.21. The average molecular weight is 335 g/mol. The molecule has 0 saturated carbocycles. The van der Waals surface area contributed by atoms with Gasteiger partial charge in [0.25, 0.3) is 0 Å². The first kappa shape index (κ1) is 16.8.